The average Bonchev–Trinajstić information content (AvgIpc) is 3.57. The highest BCUT2D eigenvalue weighted by Gasteiger charge is 2.26. The number of fused-ring (bicyclic) bond motifs is 2. The third kappa shape index (κ3) is 4.09. The van der Waals surface area contributed by atoms with Crippen LogP contribution in [0.15, 0.2) is 45.8 Å². The average molecular weight is 450 g/mol. The Morgan fingerprint density at radius 1 is 1.24 bits per heavy atom. The Labute approximate surface area is 189 Å². The Morgan fingerprint density at radius 2 is 2.06 bits per heavy atom. The van der Waals surface area contributed by atoms with Crippen molar-refractivity contribution in [2.75, 3.05) is 6.79 Å². The van der Waals surface area contributed by atoms with Crippen molar-refractivity contribution in [2.24, 2.45) is 0 Å². The molecule has 0 bridgehead atoms. The van der Waals surface area contributed by atoms with Crippen LogP contribution in [0.1, 0.15) is 50.4 Å². The molecule has 4 aromatic rings. The van der Waals surface area contributed by atoms with E-state index in [4.69, 9.17) is 13.9 Å². The van der Waals surface area contributed by atoms with Gasteiger partial charge in [0.05, 0.1) is 23.4 Å². The van der Waals surface area contributed by atoms with Gasteiger partial charge in [-0.05, 0) is 55.0 Å². The number of hydrogen-bond acceptors (Lipinski definition) is 8. The van der Waals surface area contributed by atoms with E-state index in [2.05, 4.69) is 46.6 Å². The predicted octanol–water partition coefficient (Wildman–Crippen LogP) is 3.06. The van der Waals surface area contributed by atoms with Gasteiger partial charge >= 0.3 is 0 Å². The second-order valence-corrected chi connectivity index (χ2v) is 8.74. The van der Waals surface area contributed by atoms with E-state index in [0.717, 1.165) is 23.4 Å². The summed E-state index contributed by atoms with van der Waals surface area (Å²) in [4.78, 5) is 15.7. The Hall–Kier alpha value is -3.66. The van der Waals surface area contributed by atoms with Crippen LogP contribution >= 0.6 is 0 Å². The monoisotopic (exact) mass is 450 g/mol. The molecule has 4 heterocycles. The van der Waals surface area contributed by atoms with Crippen molar-refractivity contribution < 1.29 is 13.9 Å². The summed E-state index contributed by atoms with van der Waals surface area (Å²) in [5.41, 5.74) is 0.931. The normalized spacial score (nSPS) is 14.2. The highest BCUT2D eigenvalue weighted by Crippen LogP contribution is 2.35. The summed E-state index contributed by atoms with van der Waals surface area (Å²) in [7, 11) is 0. The van der Waals surface area contributed by atoms with Gasteiger partial charge in [-0.1, -0.05) is 6.92 Å². The van der Waals surface area contributed by atoms with Crippen LogP contribution < -0.4 is 20.3 Å². The zero-order valence-corrected chi connectivity index (χ0v) is 18.8. The zero-order chi connectivity index (χ0) is 23.0. The molecule has 0 saturated carbocycles. The second-order valence-electron chi connectivity index (χ2n) is 8.74. The third-order valence-electron chi connectivity index (χ3n) is 6.20. The molecular weight excluding hydrogens is 424 g/mol. The summed E-state index contributed by atoms with van der Waals surface area (Å²) in [5.74, 6) is 2.80. The van der Waals surface area contributed by atoms with Crippen LogP contribution in [0.5, 0.6) is 11.5 Å². The molecule has 10 heteroatoms. The third-order valence-corrected chi connectivity index (χ3v) is 6.20. The Bertz CT molecular complexity index is 1320. The molecule has 1 unspecified atom stereocenters. The minimum atomic E-state index is -0.218. The van der Waals surface area contributed by atoms with Crippen LogP contribution in [-0.4, -0.2) is 32.0 Å². The Kier molecular flexibility index (Phi) is 5.37. The molecule has 0 spiro atoms. The molecule has 0 radical (unpaired) electrons. The first-order valence-corrected chi connectivity index (χ1v) is 10.9. The summed E-state index contributed by atoms with van der Waals surface area (Å²) in [6, 6.07) is 9.06. The maximum atomic E-state index is 12.7. The molecule has 0 saturated heterocycles. The van der Waals surface area contributed by atoms with Crippen molar-refractivity contribution in [3.05, 3.63) is 64.1 Å². The van der Waals surface area contributed by atoms with Gasteiger partial charge in [0.2, 0.25) is 6.79 Å². The van der Waals surface area contributed by atoms with E-state index in [9.17, 15) is 4.79 Å². The van der Waals surface area contributed by atoms with Gasteiger partial charge in [-0.25, -0.2) is 4.68 Å². The van der Waals surface area contributed by atoms with Gasteiger partial charge in [0, 0.05) is 30.0 Å². The van der Waals surface area contributed by atoms with Gasteiger partial charge in [0.15, 0.2) is 17.3 Å². The van der Waals surface area contributed by atoms with Crippen molar-refractivity contribution in [1.82, 2.24) is 30.5 Å². The maximum Gasteiger partial charge on any atom is 0.252 e. The number of aromatic nitrogens is 5. The fourth-order valence-corrected chi connectivity index (χ4v) is 3.90. The van der Waals surface area contributed by atoms with Crippen molar-refractivity contribution in [3.63, 3.8) is 0 Å². The van der Waals surface area contributed by atoms with Gasteiger partial charge < -0.3 is 24.2 Å². The van der Waals surface area contributed by atoms with Crippen LogP contribution in [0.25, 0.3) is 10.9 Å². The fourth-order valence-electron chi connectivity index (χ4n) is 3.90. The highest BCUT2D eigenvalue weighted by atomic mass is 16.7. The predicted molar refractivity (Wildman–Crippen MR) is 120 cm³/mol. The zero-order valence-electron chi connectivity index (χ0n) is 18.8. The van der Waals surface area contributed by atoms with Gasteiger partial charge in [0.25, 0.3) is 5.56 Å². The van der Waals surface area contributed by atoms with Crippen molar-refractivity contribution in [2.45, 2.75) is 51.7 Å². The molecule has 1 aromatic carbocycles. The van der Waals surface area contributed by atoms with Gasteiger partial charge in [0.1, 0.15) is 5.76 Å². The number of rotatable bonds is 8. The number of furan rings is 1. The molecule has 0 aliphatic carbocycles. The summed E-state index contributed by atoms with van der Waals surface area (Å²) in [6.07, 6.45) is 3.03. The van der Waals surface area contributed by atoms with Gasteiger partial charge in [-0.3, -0.25) is 4.79 Å². The molecular formula is C23H26N6O4. The van der Waals surface area contributed by atoms with E-state index < -0.39 is 0 Å². The van der Waals surface area contributed by atoms with Gasteiger partial charge in [-0.2, -0.15) is 0 Å². The van der Waals surface area contributed by atoms with Crippen LogP contribution in [0, 0.1) is 0 Å². The summed E-state index contributed by atoms with van der Waals surface area (Å²) < 4.78 is 18.4. The van der Waals surface area contributed by atoms with Crippen LogP contribution in [0.3, 0.4) is 0 Å². The number of hydrogen-bond donors (Lipinski definition) is 2. The number of nitrogens with one attached hydrogen (secondary N) is 2. The van der Waals surface area contributed by atoms with E-state index in [1.54, 1.807) is 12.3 Å². The quantitative estimate of drug-likeness (QED) is 0.420. The molecule has 1 aliphatic heterocycles. The largest absolute Gasteiger partial charge is 0.468 e. The lowest BCUT2D eigenvalue weighted by atomic mass is 10.0. The van der Waals surface area contributed by atoms with Gasteiger partial charge in [-0.15, -0.1) is 5.10 Å². The molecule has 10 nitrogen and oxygen atoms in total. The minimum absolute atomic E-state index is 0.163. The lowest BCUT2D eigenvalue weighted by molar-refractivity contribution is 0.174. The van der Waals surface area contributed by atoms with Crippen LogP contribution in [0.4, 0.5) is 0 Å². The first-order chi connectivity index (χ1) is 15.9. The molecule has 172 valence electrons. The van der Waals surface area contributed by atoms with E-state index >= 15 is 0 Å². The van der Waals surface area contributed by atoms with Crippen LogP contribution in [-0.2, 0) is 18.5 Å². The standard InChI is InChI=1S/C23H26N6O4/c1-4-23(2,3)29-21(26-27-28-29)11-17(18-6-5-7-31-18)24-12-15-8-14-9-19-20(33-13-32-19)10-16(14)25-22(15)30/h5-10,17,24H,4,11-13H2,1-3H3,(H,25,30). The number of aromatic amines is 1. The summed E-state index contributed by atoms with van der Waals surface area (Å²) in [5, 5.41) is 16.7. The second kappa shape index (κ2) is 8.36. The molecule has 1 aliphatic rings. The van der Waals surface area contributed by atoms with E-state index in [0.29, 0.717) is 35.5 Å². The lowest BCUT2D eigenvalue weighted by Crippen LogP contribution is -2.31. The number of tetrazole rings is 1. The van der Waals surface area contributed by atoms with E-state index in [1.807, 2.05) is 28.9 Å². The van der Waals surface area contributed by atoms with Crippen molar-refractivity contribution >= 4 is 10.9 Å². The van der Waals surface area contributed by atoms with E-state index in [1.165, 1.54) is 0 Å². The van der Waals surface area contributed by atoms with E-state index in [-0.39, 0.29) is 23.9 Å². The Balaban J connectivity index is 1.41. The molecule has 2 N–H and O–H groups in total. The summed E-state index contributed by atoms with van der Waals surface area (Å²) in [6.45, 7) is 6.82. The molecule has 0 fully saturated rings. The summed E-state index contributed by atoms with van der Waals surface area (Å²) >= 11 is 0. The number of H-pyrrole nitrogens is 1. The topological polar surface area (TPSA) is 120 Å². The lowest BCUT2D eigenvalue weighted by Gasteiger charge is -2.25. The van der Waals surface area contributed by atoms with Crippen LogP contribution in [0.2, 0.25) is 0 Å². The Morgan fingerprint density at radius 3 is 2.82 bits per heavy atom. The first-order valence-electron chi connectivity index (χ1n) is 10.9. The molecule has 5 rings (SSSR count). The fraction of sp³-hybridized carbons (Fsp3) is 0.391. The number of ether oxygens (including phenoxy) is 2. The maximum absolute atomic E-state index is 12.7. The first kappa shape index (κ1) is 21.2. The van der Waals surface area contributed by atoms with Crippen molar-refractivity contribution in [1.29, 1.82) is 0 Å². The number of pyridine rings is 1. The minimum Gasteiger partial charge on any atom is -0.468 e. The number of nitrogens with zero attached hydrogens (tertiary/aromatic N) is 4. The number of benzene rings is 1. The molecule has 3 aromatic heterocycles. The SMILES string of the molecule is CCC(C)(C)n1nnnc1CC(NCc1cc2cc3c(cc2[nH]c1=O)OCO3)c1ccco1. The van der Waals surface area contributed by atoms with Crippen molar-refractivity contribution in [3.8, 4) is 11.5 Å². The highest BCUT2D eigenvalue weighted by molar-refractivity contribution is 5.83. The molecule has 0 amide bonds. The smallest absolute Gasteiger partial charge is 0.252 e. The molecule has 1 atom stereocenters. The molecule has 33 heavy (non-hydrogen) atoms.